The van der Waals surface area contributed by atoms with E-state index in [2.05, 4.69) is 9.83 Å². The Balaban J connectivity index is 2.10. The van der Waals surface area contributed by atoms with Crippen LogP contribution in [-0.4, -0.2) is 64.9 Å². The van der Waals surface area contributed by atoms with Gasteiger partial charge in [0.05, 0.1) is 25.1 Å². The highest BCUT2D eigenvalue weighted by Gasteiger charge is 2.36. The van der Waals surface area contributed by atoms with E-state index in [0.29, 0.717) is 16.7 Å². The fraction of sp³-hybridized carbons (Fsp3) is 0.500. The molecule has 1 fully saturated rings. The first-order valence-corrected chi connectivity index (χ1v) is 10.4. The van der Waals surface area contributed by atoms with Crippen LogP contribution in [0.4, 0.5) is 22.0 Å². The minimum Gasteiger partial charge on any atom is -0.469 e. The highest BCUT2D eigenvalue weighted by Crippen LogP contribution is 2.34. The number of nitrogen functional groups attached to an aromatic ring is 1. The van der Waals surface area contributed by atoms with Crippen LogP contribution in [-0.2, 0) is 21.3 Å². The molecule has 0 aliphatic carbocycles. The van der Waals surface area contributed by atoms with Gasteiger partial charge in [-0.05, 0) is 32.9 Å². The van der Waals surface area contributed by atoms with Gasteiger partial charge in [0, 0.05) is 26.7 Å². The first-order chi connectivity index (χ1) is 15.5. The number of hydrogen-bond donors (Lipinski definition) is 1. The molecule has 11 heteroatoms. The van der Waals surface area contributed by atoms with Crippen LogP contribution in [0.25, 0.3) is 15.9 Å². The smallest absolute Gasteiger partial charge is 0.410 e. The summed E-state index contributed by atoms with van der Waals surface area (Å²) in [5, 5.41) is 0. The lowest BCUT2D eigenvalue weighted by atomic mass is 10.1. The number of carbonyl (C=O) groups is 2. The van der Waals surface area contributed by atoms with Crippen molar-refractivity contribution < 1.29 is 19.1 Å². The first kappa shape index (κ1) is 23.8. The lowest BCUT2D eigenvalue weighted by Crippen LogP contribution is -2.56. The Morgan fingerprint density at radius 2 is 2.00 bits per heavy atom. The maximum atomic E-state index is 12.9. The maximum Gasteiger partial charge on any atom is 0.410 e. The van der Waals surface area contributed by atoms with Crippen molar-refractivity contribution in [2.75, 3.05) is 37.4 Å². The van der Waals surface area contributed by atoms with Crippen molar-refractivity contribution in [1.82, 2.24) is 14.5 Å². The van der Waals surface area contributed by atoms with Gasteiger partial charge in [0.25, 0.3) is 11.4 Å². The molecule has 1 unspecified atom stereocenters. The Labute approximate surface area is 191 Å². The van der Waals surface area contributed by atoms with E-state index in [0.717, 1.165) is 0 Å². The van der Waals surface area contributed by atoms with Gasteiger partial charge in [-0.1, -0.05) is 6.57 Å². The van der Waals surface area contributed by atoms with Crippen molar-refractivity contribution >= 4 is 40.3 Å². The summed E-state index contributed by atoms with van der Waals surface area (Å²) in [6.07, 6.45) is -0.540. The zero-order chi connectivity index (χ0) is 24.5. The SMILES string of the molecule is [C-]#[N+]c1ccc2c(n1)c(N1CCN(C(=O)OC(C)(C)C)CC1CC(=O)OC)c(N)c(=O)n2C. The molecular weight excluding hydrogens is 428 g/mol. The molecule has 2 aromatic heterocycles. The molecule has 1 amide bonds. The number of hydrogen-bond acceptors (Lipinski definition) is 8. The Hall–Kier alpha value is -3.81. The highest BCUT2D eigenvalue weighted by molar-refractivity contribution is 5.96. The van der Waals surface area contributed by atoms with E-state index in [-0.39, 0.29) is 37.6 Å². The van der Waals surface area contributed by atoms with Gasteiger partial charge in [0.1, 0.15) is 17.0 Å². The molecule has 3 rings (SSSR count). The van der Waals surface area contributed by atoms with Crippen LogP contribution in [0.2, 0.25) is 0 Å². The Bertz CT molecular complexity index is 1190. The lowest BCUT2D eigenvalue weighted by Gasteiger charge is -2.42. The summed E-state index contributed by atoms with van der Waals surface area (Å²) in [6.45, 7) is 13.4. The molecule has 0 radical (unpaired) electrons. The predicted octanol–water partition coefficient (Wildman–Crippen LogP) is 2.06. The average molecular weight is 457 g/mol. The number of amides is 1. The molecular formula is C22H28N6O5. The number of fused-ring (bicyclic) bond motifs is 1. The summed E-state index contributed by atoms with van der Waals surface area (Å²) >= 11 is 0. The number of esters is 1. The molecule has 0 bridgehead atoms. The molecule has 1 aliphatic heterocycles. The monoisotopic (exact) mass is 456 g/mol. The number of pyridine rings is 2. The van der Waals surface area contributed by atoms with Gasteiger partial charge in [0.2, 0.25) is 5.52 Å². The van der Waals surface area contributed by atoms with Crippen molar-refractivity contribution in [3.8, 4) is 0 Å². The molecule has 0 spiro atoms. The molecule has 33 heavy (non-hydrogen) atoms. The molecule has 1 saturated heterocycles. The van der Waals surface area contributed by atoms with Gasteiger partial charge < -0.3 is 34.4 Å². The van der Waals surface area contributed by atoms with E-state index in [1.807, 2.05) is 0 Å². The number of nitrogens with two attached hydrogens (primary N) is 1. The van der Waals surface area contributed by atoms with Crippen molar-refractivity contribution in [3.05, 3.63) is 33.9 Å². The number of anilines is 2. The second kappa shape index (κ2) is 8.97. The van der Waals surface area contributed by atoms with Crippen LogP contribution in [0.5, 0.6) is 0 Å². The predicted molar refractivity (Wildman–Crippen MR) is 123 cm³/mol. The van der Waals surface area contributed by atoms with E-state index >= 15 is 0 Å². The lowest BCUT2D eigenvalue weighted by molar-refractivity contribution is -0.141. The molecule has 2 N–H and O–H groups in total. The Kier molecular flexibility index (Phi) is 6.48. The second-order valence-corrected chi connectivity index (χ2v) is 8.83. The third-order valence-electron chi connectivity index (χ3n) is 5.40. The molecule has 3 heterocycles. The Morgan fingerprint density at radius 3 is 2.61 bits per heavy atom. The number of nitrogens with zero attached hydrogens (tertiary/aromatic N) is 5. The highest BCUT2D eigenvalue weighted by atomic mass is 16.6. The largest absolute Gasteiger partial charge is 0.469 e. The summed E-state index contributed by atoms with van der Waals surface area (Å²) in [4.78, 5) is 48.8. The van der Waals surface area contributed by atoms with Gasteiger partial charge >= 0.3 is 12.1 Å². The molecule has 2 aromatic rings. The van der Waals surface area contributed by atoms with Gasteiger partial charge in [-0.25, -0.2) is 4.79 Å². The van der Waals surface area contributed by atoms with E-state index in [9.17, 15) is 14.4 Å². The zero-order valence-electron chi connectivity index (χ0n) is 19.4. The van der Waals surface area contributed by atoms with E-state index in [4.69, 9.17) is 21.8 Å². The summed E-state index contributed by atoms with van der Waals surface area (Å²) in [5.41, 5.74) is 6.36. The normalized spacial score (nSPS) is 16.4. The van der Waals surface area contributed by atoms with Gasteiger partial charge in [-0.15, -0.1) is 4.98 Å². The topological polar surface area (TPSA) is 124 Å². The summed E-state index contributed by atoms with van der Waals surface area (Å²) in [5.74, 6) is -0.323. The number of aryl methyl sites for hydroxylation is 1. The third kappa shape index (κ3) is 4.84. The number of rotatable bonds is 3. The van der Waals surface area contributed by atoms with Crippen molar-refractivity contribution in [1.29, 1.82) is 0 Å². The average Bonchev–Trinajstić information content (AvgIpc) is 2.76. The second-order valence-electron chi connectivity index (χ2n) is 8.83. The number of methoxy groups -OCH3 is 1. The van der Waals surface area contributed by atoms with Gasteiger partial charge in [0.15, 0.2) is 0 Å². The fourth-order valence-electron chi connectivity index (χ4n) is 3.85. The minimum absolute atomic E-state index is 0.0415. The van der Waals surface area contributed by atoms with Crippen molar-refractivity contribution in [2.45, 2.75) is 38.8 Å². The van der Waals surface area contributed by atoms with Crippen molar-refractivity contribution in [2.24, 2.45) is 7.05 Å². The van der Waals surface area contributed by atoms with Gasteiger partial charge in [-0.2, -0.15) is 0 Å². The number of carbonyl (C=O) groups excluding carboxylic acids is 2. The van der Waals surface area contributed by atoms with Crippen molar-refractivity contribution in [3.63, 3.8) is 0 Å². The van der Waals surface area contributed by atoms with Gasteiger partial charge in [-0.3, -0.25) is 9.59 Å². The Morgan fingerprint density at radius 1 is 1.30 bits per heavy atom. The van der Waals surface area contributed by atoms with Crippen LogP contribution in [0.3, 0.4) is 0 Å². The molecule has 0 saturated carbocycles. The summed E-state index contributed by atoms with van der Waals surface area (Å²) in [7, 11) is 2.86. The molecule has 1 aliphatic rings. The number of ether oxygens (including phenoxy) is 2. The molecule has 11 nitrogen and oxygen atoms in total. The number of piperazine rings is 1. The van der Waals surface area contributed by atoms with E-state index in [1.54, 1.807) is 38.8 Å². The molecule has 1 atom stereocenters. The van der Waals surface area contributed by atoms with E-state index in [1.165, 1.54) is 22.6 Å². The van der Waals surface area contributed by atoms with Crippen LogP contribution in [0.1, 0.15) is 27.2 Å². The summed E-state index contributed by atoms with van der Waals surface area (Å²) < 4.78 is 11.7. The third-order valence-corrected chi connectivity index (χ3v) is 5.40. The van der Waals surface area contributed by atoms with Crippen LogP contribution >= 0.6 is 0 Å². The molecule has 176 valence electrons. The number of aromatic nitrogens is 2. The maximum absolute atomic E-state index is 12.9. The quantitative estimate of drug-likeness (QED) is 0.550. The van der Waals surface area contributed by atoms with Crippen LogP contribution < -0.4 is 16.2 Å². The fourth-order valence-corrected chi connectivity index (χ4v) is 3.85. The minimum atomic E-state index is -0.668. The standard InChI is InChI=1S/C22H28N6O5/c1-22(2,3)33-21(31)27-9-10-28(13(12-27)11-16(29)32-6)19-17(23)20(30)26(5)14-7-8-15(24-4)25-18(14)19/h7-8,13H,9-12,23H2,1-3,5-6H3. The van der Waals surface area contributed by atoms with Crippen LogP contribution in [0.15, 0.2) is 16.9 Å². The van der Waals surface area contributed by atoms with E-state index < -0.39 is 29.3 Å². The zero-order valence-corrected chi connectivity index (χ0v) is 19.4. The first-order valence-electron chi connectivity index (χ1n) is 10.4. The molecule has 0 aromatic carbocycles. The summed E-state index contributed by atoms with van der Waals surface area (Å²) in [6, 6.07) is 2.63. The van der Waals surface area contributed by atoms with Crippen LogP contribution in [0, 0.1) is 6.57 Å².